The average Bonchev–Trinajstić information content (AvgIpc) is 3.39. The van der Waals surface area contributed by atoms with Gasteiger partial charge in [0.05, 0.1) is 28.7 Å². The molecule has 7 nitrogen and oxygen atoms in total. The number of hydrogen-bond donors (Lipinski definition) is 1. The van der Waals surface area contributed by atoms with Gasteiger partial charge >= 0.3 is 0 Å². The Morgan fingerprint density at radius 1 is 1.00 bits per heavy atom. The van der Waals surface area contributed by atoms with Gasteiger partial charge in [0.1, 0.15) is 5.82 Å². The Morgan fingerprint density at radius 3 is 2.55 bits per heavy atom. The number of aromatic nitrogens is 3. The molecule has 9 heteroatoms. The number of nitrogens with two attached hydrogens (primary N) is 1. The molecule has 0 aliphatic carbocycles. The molecule has 0 saturated heterocycles. The Kier molecular flexibility index (Phi) is 4.98. The van der Waals surface area contributed by atoms with Gasteiger partial charge in [0.15, 0.2) is 0 Å². The number of fused-ring (bicyclic) bond motifs is 2. The van der Waals surface area contributed by atoms with Crippen LogP contribution in [0.1, 0.15) is 6.42 Å². The molecule has 5 aromatic rings. The number of rotatable bonds is 6. The van der Waals surface area contributed by atoms with E-state index in [0.29, 0.717) is 17.5 Å². The molecule has 0 aliphatic rings. The first kappa shape index (κ1) is 20.9. The van der Waals surface area contributed by atoms with E-state index in [4.69, 9.17) is 5.73 Å². The molecule has 0 unspecified atom stereocenters. The fourth-order valence-corrected chi connectivity index (χ4v) is 5.34. The fraction of sp³-hybridized carbons (Fsp3) is 0.0833. The maximum Gasteiger partial charge on any atom is 0.268 e. The van der Waals surface area contributed by atoms with Crippen LogP contribution in [0.5, 0.6) is 0 Å². The largest absolute Gasteiger partial charge is 0.370 e. The first-order valence-electron chi connectivity index (χ1n) is 10.2. The van der Waals surface area contributed by atoms with Crippen LogP contribution >= 0.6 is 0 Å². The minimum absolute atomic E-state index is 0.115. The molecule has 2 aromatic heterocycles. The van der Waals surface area contributed by atoms with Crippen LogP contribution in [0.3, 0.4) is 0 Å². The van der Waals surface area contributed by atoms with Crippen molar-refractivity contribution in [2.75, 3.05) is 0 Å². The highest BCUT2D eigenvalue weighted by molar-refractivity contribution is 7.90. The van der Waals surface area contributed by atoms with Crippen molar-refractivity contribution >= 4 is 37.7 Å². The van der Waals surface area contributed by atoms with Crippen molar-refractivity contribution in [3.8, 4) is 11.1 Å². The molecule has 33 heavy (non-hydrogen) atoms. The molecule has 0 atom stereocenters. The highest BCUT2D eigenvalue weighted by Crippen LogP contribution is 2.35. The summed E-state index contributed by atoms with van der Waals surface area (Å²) in [6.07, 6.45) is 3.37. The number of nitrogens with zero attached hydrogens (tertiary/aromatic N) is 3. The quantitative estimate of drug-likeness (QED) is 0.413. The van der Waals surface area contributed by atoms with Gasteiger partial charge in [0.2, 0.25) is 5.91 Å². The Hall–Kier alpha value is -3.98. The molecule has 0 bridgehead atoms. The van der Waals surface area contributed by atoms with E-state index in [2.05, 4.69) is 5.10 Å². The van der Waals surface area contributed by atoms with Crippen LogP contribution < -0.4 is 5.73 Å². The van der Waals surface area contributed by atoms with Crippen molar-refractivity contribution in [3.63, 3.8) is 0 Å². The summed E-state index contributed by atoms with van der Waals surface area (Å²) in [5.74, 6) is -0.933. The zero-order chi connectivity index (χ0) is 23.2. The van der Waals surface area contributed by atoms with Crippen molar-refractivity contribution in [1.29, 1.82) is 0 Å². The normalized spacial score (nSPS) is 11.9. The van der Waals surface area contributed by atoms with Gasteiger partial charge in [-0.1, -0.05) is 24.3 Å². The fourth-order valence-electron chi connectivity index (χ4n) is 3.96. The molecule has 3 aromatic carbocycles. The molecule has 0 saturated carbocycles. The predicted octanol–water partition coefficient (Wildman–Crippen LogP) is 3.91. The van der Waals surface area contributed by atoms with E-state index >= 15 is 0 Å². The third-order valence-corrected chi connectivity index (χ3v) is 7.24. The van der Waals surface area contributed by atoms with E-state index in [0.717, 1.165) is 20.4 Å². The summed E-state index contributed by atoms with van der Waals surface area (Å²) < 4.78 is 43.6. The topological polar surface area (TPSA) is 100.0 Å². The molecular weight excluding hydrogens is 443 g/mol. The number of halogens is 1. The number of primary amides is 1. The number of hydrogen-bond acceptors (Lipinski definition) is 4. The molecule has 1 amide bonds. The SMILES string of the molecule is NC(=O)CCn1ncc2cc(-c3cn(S(=O)(=O)c4ccccc4)c4cc(F)ccc34)ccc21. The van der Waals surface area contributed by atoms with E-state index < -0.39 is 21.7 Å². The van der Waals surface area contributed by atoms with Crippen LogP contribution in [0.4, 0.5) is 4.39 Å². The van der Waals surface area contributed by atoms with E-state index in [1.54, 1.807) is 35.1 Å². The summed E-state index contributed by atoms with van der Waals surface area (Å²) in [6, 6.07) is 17.7. The Balaban J connectivity index is 1.66. The highest BCUT2D eigenvalue weighted by atomic mass is 32.2. The van der Waals surface area contributed by atoms with Gasteiger partial charge in [-0.25, -0.2) is 16.8 Å². The third-order valence-electron chi connectivity index (χ3n) is 5.56. The van der Waals surface area contributed by atoms with Crippen LogP contribution in [0.15, 0.2) is 84.0 Å². The summed E-state index contributed by atoms with van der Waals surface area (Å²) in [6.45, 7) is 0.367. The smallest absolute Gasteiger partial charge is 0.268 e. The van der Waals surface area contributed by atoms with Gasteiger partial charge in [-0.15, -0.1) is 0 Å². The number of benzene rings is 3. The van der Waals surface area contributed by atoms with Gasteiger partial charge in [0.25, 0.3) is 10.0 Å². The summed E-state index contributed by atoms with van der Waals surface area (Å²) in [5.41, 5.74) is 7.73. The monoisotopic (exact) mass is 462 g/mol. The average molecular weight is 463 g/mol. The Bertz CT molecular complexity index is 1620. The summed E-state index contributed by atoms with van der Waals surface area (Å²) in [4.78, 5) is 11.2. The van der Waals surface area contributed by atoms with Crippen molar-refractivity contribution in [3.05, 3.63) is 84.9 Å². The number of amides is 1. The first-order chi connectivity index (χ1) is 15.8. The minimum atomic E-state index is -3.93. The maximum atomic E-state index is 14.1. The van der Waals surface area contributed by atoms with Crippen LogP contribution in [0.2, 0.25) is 0 Å². The highest BCUT2D eigenvalue weighted by Gasteiger charge is 2.22. The molecule has 0 spiro atoms. The van der Waals surface area contributed by atoms with Crippen molar-refractivity contribution in [2.45, 2.75) is 17.9 Å². The summed E-state index contributed by atoms with van der Waals surface area (Å²) in [7, 11) is -3.93. The van der Waals surface area contributed by atoms with Gasteiger partial charge < -0.3 is 5.73 Å². The van der Waals surface area contributed by atoms with E-state index in [-0.39, 0.29) is 16.8 Å². The van der Waals surface area contributed by atoms with Gasteiger partial charge in [-0.05, 0) is 48.0 Å². The zero-order valence-corrected chi connectivity index (χ0v) is 18.2. The van der Waals surface area contributed by atoms with Crippen LogP contribution in [-0.4, -0.2) is 28.1 Å². The second-order valence-corrected chi connectivity index (χ2v) is 9.49. The van der Waals surface area contributed by atoms with Crippen LogP contribution in [-0.2, 0) is 21.4 Å². The van der Waals surface area contributed by atoms with Crippen molar-refractivity contribution in [1.82, 2.24) is 13.8 Å². The van der Waals surface area contributed by atoms with Crippen molar-refractivity contribution < 1.29 is 17.6 Å². The second kappa shape index (κ2) is 7.86. The zero-order valence-electron chi connectivity index (χ0n) is 17.3. The Morgan fingerprint density at radius 2 is 1.79 bits per heavy atom. The second-order valence-electron chi connectivity index (χ2n) is 7.68. The van der Waals surface area contributed by atoms with Crippen LogP contribution in [0.25, 0.3) is 32.9 Å². The predicted molar refractivity (Wildman–Crippen MR) is 123 cm³/mol. The molecule has 0 aliphatic heterocycles. The van der Waals surface area contributed by atoms with Gasteiger partial charge in [-0.3, -0.25) is 9.48 Å². The lowest BCUT2D eigenvalue weighted by Crippen LogP contribution is -2.14. The molecular formula is C24H19FN4O3S. The number of carbonyl (C=O) groups is 1. The van der Waals surface area contributed by atoms with E-state index in [1.807, 2.05) is 18.2 Å². The van der Waals surface area contributed by atoms with E-state index in [1.165, 1.54) is 30.5 Å². The molecule has 166 valence electrons. The van der Waals surface area contributed by atoms with Crippen molar-refractivity contribution in [2.24, 2.45) is 5.73 Å². The van der Waals surface area contributed by atoms with Gasteiger partial charge in [-0.2, -0.15) is 5.10 Å². The molecule has 2 heterocycles. The lowest BCUT2D eigenvalue weighted by Gasteiger charge is -2.07. The molecule has 0 fully saturated rings. The number of carbonyl (C=O) groups excluding carboxylic acids is 1. The lowest BCUT2D eigenvalue weighted by atomic mass is 10.0. The lowest BCUT2D eigenvalue weighted by molar-refractivity contribution is -0.118. The van der Waals surface area contributed by atoms with Gasteiger partial charge in [0, 0.05) is 29.0 Å². The Labute approximate surface area is 188 Å². The number of aryl methyl sites for hydroxylation is 1. The van der Waals surface area contributed by atoms with Crippen LogP contribution in [0, 0.1) is 5.82 Å². The summed E-state index contributed by atoms with van der Waals surface area (Å²) in [5, 5.41) is 5.75. The standard InChI is InChI=1S/C24H19FN4O3S/c25-18-7-8-20-21(15-29(23(20)13-18)33(31,32)19-4-2-1-3-5-19)16-6-9-22-17(12-16)14-27-28(22)11-10-24(26)30/h1-9,12-15H,10-11H2,(H2,26,30). The summed E-state index contributed by atoms with van der Waals surface area (Å²) >= 11 is 0. The van der Waals surface area contributed by atoms with E-state index in [9.17, 15) is 17.6 Å². The first-order valence-corrected chi connectivity index (χ1v) is 11.6. The molecule has 5 rings (SSSR count). The molecule has 0 radical (unpaired) electrons. The maximum absolute atomic E-state index is 14.1. The molecule has 2 N–H and O–H groups in total. The minimum Gasteiger partial charge on any atom is -0.370 e. The third kappa shape index (κ3) is 3.66.